The molecule has 84 valence electrons. The van der Waals surface area contributed by atoms with E-state index in [1.807, 2.05) is 6.92 Å². The summed E-state index contributed by atoms with van der Waals surface area (Å²) in [5, 5.41) is 3.41. The van der Waals surface area contributed by atoms with Crippen LogP contribution < -0.4 is 5.32 Å². The number of anilines is 1. The fraction of sp³-hybridized carbons (Fsp3) is 0.182. The van der Waals surface area contributed by atoms with Crippen molar-refractivity contribution in [1.29, 1.82) is 0 Å². The lowest BCUT2D eigenvalue weighted by Gasteiger charge is -2.08. The van der Waals surface area contributed by atoms with Gasteiger partial charge in [-0.25, -0.2) is 9.37 Å². The van der Waals surface area contributed by atoms with E-state index in [1.165, 1.54) is 18.2 Å². The molecule has 3 nitrogen and oxygen atoms in total. The second kappa shape index (κ2) is 4.14. The molecular formula is C11H11ClFN3. The van der Waals surface area contributed by atoms with Crippen molar-refractivity contribution in [3.63, 3.8) is 0 Å². The Labute approximate surface area is 97.9 Å². The number of aromatic nitrogens is 2. The van der Waals surface area contributed by atoms with Gasteiger partial charge in [0, 0.05) is 13.2 Å². The van der Waals surface area contributed by atoms with E-state index in [0.29, 0.717) is 16.7 Å². The zero-order valence-electron chi connectivity index (χ0n) is 8.96. The molecule has 1 aromatic carbocycles. The molecule has 0 aliphatic heterocycles. The number of imidazole rings is 1. The van der Waals surface area contributed by atoms with Crippen LogP contribution in [0.15, 0.2) is 24.4 Å². The largest absolute Gasteiger partial charge is 0.358 e. The lowest BCUT2D eigenvalue weighted by molar-refractivity contribution is 0.626. The summed E-state index contributed by atoms with van der Waals surface area (Å²) in [6.07, 6.45) is 1.80. The molecule has 0 radical (unpaired) electrons. The van der Waals surface area contributed by atoms with Crippen molar-refractivity contribution in [2.45, 2.75) is 6.92 Å². The zero-order chi connectivity index (χ0) is 11.7. The number of benzene rings is 1. The van der Waals surface area contributed by atoms with Crippen LogP contribution in [0.1, 0.15) is 5.69 Å². The summed E-state index contributed by atoms with van der Waals surface area (Å²) in [6, 6.07) is 4.24. The van der Waals surface area contributed by atoms with Crippen LogP contribution in [0.2, 0.25) is 5.02 Å². The van der Waals surface area contributed by atoms with Crippen LogP contribution in [0.5, 0.6) is 0 Å². The van der Waals surface area contributed by atoms with E-state index in [-0.39, 0.29) is 5.82 Å². The van der Waals surface area contributed by atoms with E-state index >= 15 is 0 Å². The fourth-order valence-electron chi connectivity index (χ4n) is 1.53. The second-order valence-electron chi connectivity index (χ2n) is 3.42. The van der Waals surface area contributed by atoms with Crippen LogP contribution in [-0.2, 0) is 0 Å². The second-order valence-corrected chi connectivity index (χ2v) is 3.83. The van der Waals surface area contributed by atoms with Gasteiger partial charge in [-0.1, -0.05) is 11.6 Å². The highest BCUT2D eigenvalue weighted by molar-refractivity contribution is 6.32. The van der Waals surface area contributed by atoms with Gasteiger partial charge in [0.15, 0.2) is 0 Å². The first-order valence-corrected chi connectivity index (χ1v) is 5.19. The van der Waals surface area contributed by atoms with E-state index in [1.54, 1.807) is 17.8 Å². The van der Waals surface area contributed by atoms with Crippen LogP contribution >= 0.6 is 11.6 Å². The van der Waals surface area contributed by atoms with Crippen LogP contribution in [-0.4, -0.2) is 16.6 Å². The third kappa shape index (κ3) is 1.88. The summed E-state index contributed by atoms with van der Waals surface area (Å²) < 4.78 is 14.9. The normalized spacial score (nSPS) is 10.5. The van der Waals surface area contributed by atoms with Gasteiger partial charge >= 0.3 is 0 Å². The Morgan fingerprint density at radius 2 is 2.19 bits per heavy atom. The van der Waals surface area contributed by atoms with Crippen LogP contribution in [0, 0.1) is 12.7 Å². The number of aryl methyl sites for hydroxylation is 1. The summed E-state index contributed by atoms with van der Waals surface area (Å²) in [5.74, 6) is 0.304. The van der Waals surface area contributed by atoms with E-state index in [2.05, 4.69) is 10.3 Å². The van der Waals surface area contributed by atoms with Gasteiger partial charge in [0.05, 0.1) is 16.4 Å². The van der Waals surface area contributed by atoms with Crippen molar-refractivity contribution in [2.75, 3.05) is 12.4 Å². The minimum Gasteiger partial charge on any atom is -0.358 e. The average molecular weight is 240 g/mol. The molecule has 1 aromatic heterocycles. The number of rotatable bonds is 2. The van der Waals surface area contributed by atoms with Crippen molar-refractivity contribution >= 4 is 17.5 Å². The molecule has 16 heavy (non-hydrogen) atoms. The van der Waals surface area contributed by atoms with Crippen molar-refractivity contribution in [3.05, 3.63) is 40.9 Å². The van der Waals surface area contributed by atoms with Gasteiger partial charge < -0.3 is 5.32 Å². The molecule has 2 aromatic rings. The Bertz CT molecular complexity index is 522. The van der Waals surface area contributed by atoms with Gasteiger partial charge in [0.1, 0.15) is 5.82 Å². The Balaban J connectivity index is 2.61. The standard InChI is InChI=1S/C11H11ClFN3/c1-7-6-16(11(14-2)15-7)10-5-8(13)3-4-9(10)12/h3-6H,1-2H3,(H,14,15). The molecule has 0 unspecified atom stereocenters. The molecule has 0 fully saturated rings. The van der Waals surface area contributed by atoms with Gasteiger partial charge in [-0.15, -0.1) is 0 Å². The molecule has 0 amide bonds. The minimum absolute atomic E-state index is 0.326. The molecule has 0 aliphatic carbocycles. The van der Waals surface area contributed by atoms with Crippen LogP contribution in [0.25, 0.3) is 5.69 Å². The summed E-state index contributed by atoms with van der Waals surface area (Å²) in [5.41, 5.74) is 1.41. The maximum absolute atomic E-state index is 13.2. The molecule has 2 rings (SSSR count). The first-order valence-electron chi connectivity index (χ1n) is 4.81. The van der Waals surface area contributed by atoms with E-state index in [0.717, 1.165) is 5.69 Å². The van der Waals surface area contributed by atoms with Gasteiger partial charge in [-0.2, -0.15) is 0 Å². The maximum Gasteiger partial charge on any atom is 0.207 e. The molecule has 0 aliphatic rings. The number of halogens is 2. The lowest BCUT2D eigenvalue weighted by atomic mass is 10.3. The molecule has 0 spiro atoms. The Morgan fingerprint density at radius 1 is 1.44 bits per heavy atom. The molecule has 0 saturated carbocycles. The van der Waals surface area contributed by atoms with Crippen molar-refractivity contribution in [1.82, 2.24) is 9.55 Å². The van der Waals surface area contributed by atoms with Gasteiger partial charge in [-0.3, -0.25) is 4.57 Å². The van der Waals surface area contributed by atoms with E-state index in [9.17, 15) is 4.39 Å². The van der Waals surface area contributed by atoms with Gasteiger partial charge in [0.2, 0.25) is 5.95 Å². The molecule has 1 heterocycles. The molecule has 0 bridgehead atoms. The Morgan fingerprint density at radius 3 is 2.88 bits per heavy atom. The SMILES string of the molecule is CNc1nc(C)cn1-c1cc(F)ccc1Cl. The summed E-state index contributed by atoms with van der Waals surface area (Å²) in [6.45, 7) is 1.87. The Hall–Kier alpha value is -1.55. The number of hydrogen-bond donors (Lipinski definition) is 1. The summed E-state index contributed by atoms with van der Waals surface area (Å²) >= 11 is 6.03. The quantitative estimate of drug-likeness (QED) is 0.873. The highest BCUT2D eigenvalue weighted by Crippen LogP contribution is 2.24. The van der Waals surface area contributed by atoms with E-state index in [4.69, 9.17) is 11.6 Å². The topological polar surface area (TPSA) is 29.9 Å². The third-order valence-electron chi connectivity index (χ3n) is 2.22. The monoisotopic (exact) mass is 239 g/mol. The molecule has 1 N–H and O–H groups in total. The predicted octanol–water partition coefficient (Wildman–Crippen LogP) is 3.01. The molecule has 0 atom stereocenters. The average Bonchev–Trinajstić information content (AvgIpc) is 2.63. The maximum atomic E-state index is 13.2. The minimum atomic E-state index is -0.326. The van der Waals surface area contributed by atoms with Crippen molar-refractivity contribution in [3.8, 4) is 5.69 Å². The predicted molar refractivity (Wildman–Crippen MR) is 62.8 cm³/mol. The highest BCUT2D eigenvalue weighted by Gasteiger charge is 2.10. The number of nitrogens with zero attached hydrogens (tertiary/aromatic N) is 2. The van der Waals surface area contributed by atoms with Crippen LogP contribution in [0.3, 0.4) is 0 Å². The summed E-state index contributed by atoms with van der Waals surface area (Å²) in [4.78, 5) is 4.25. The molecular weight excluding hydrogens is 229 g/mol. The Kier molecular flexibility index (Phi) is 2.83. The highest BCUT2D eigenvalue weighted by atomic mass is 35.5. The van der Waals surface area contributed by atoms with Gasteiger partial charge in [0.25, 0.3) is 0 Å². The third-order valence-corrected chi connectivity index (χ3v) is 2.54. The molecule has 0 saturated heterocycles. The van der Waals surface area contributed by atoms with Crippen LogP contribution in [0.4, 0.5) is 10.3 Å². The number of nitrogens with one attached hydrogen (secondary N) is 1. The van der Waals surface area contributed by atoms with Crippen molar-refractivity contribution in [2.24, 2.45) is 0 Å². The fourth-order valence-corrected chi connectivity index (χ4v) is 1.74. The van der Waals surface area contributed by atoms with Gasteiger partial charge in [-0.05, 0) is 25.1 Å². The first-order chi connectivity index (χ1) is 7.61. The first kappa shape index (κ1) is 11.0. The lowest BCUT2D eigenvalue weighted by Crippen LogP contribution is -2.01. The smallest absolute Gasteiger partial charge is 0.207 e. The summed E-state index contributed by atoms with van der Waals surface area (Å²) in [7, 11) is 1.76. The molecule has 5 heteroatoms. The van der Waals surface area contributed by atoms with Crippen molar-refractivity contribution < 1.29 is 4.39 Å². The zero-order valence-corrected chi connectivity index (χ0v) is 9.72. The number of hydrogen-bond acceptors (Lipinski definition) is 2. The van der Waals surface area contributed by atoms with E-state index < -0.39 is 0 Å².